The van der Waals surface area contributed by atoms with Crippen LogP contribution in [0.2, 0.25) is 5.02 Å². The predicted octanol–water partition coefficient (Wildman–Crippen LogP) is 4.36. The van der Waals surface area contributed by atoms with Gasteiger partial charge in [0.2, 0.25) is 15.8 Å². The Kier molecular flexibility index (Phi) is 7.46. The van der Waals surface area contributed by atoms with Gasteiger partial charge in [-0.25, -0.2) is 13.4 Å². The number of aromatic amines is 1. The van der Waals surface area contributed by atoms with Gasteiger partial charge < -0.3 is 30.2 Å². The molecule has 0 bridgehead atoms. The summed E-state index contributed by atoms with van der Waals surface area (Å²) in [4.78, 5) is 13.0. The summed E-state index contributed by atoms with van der Waals surface area (Å²) >= 11 is 7.02. The van der Waals surface area contributed by atoms with Crippen molar-refractivity contribution in [2.45, 2.75) is 37.9 Å². The first-order valence-corrected chi connectivity index (χ1v) is 17.7. The van der Waals surface area contributed by atoms with Crippen LogP contribution >= 0.6 is 11.6 Å². The number of likely N-dealkylation sites (tertiary alicyclic amines) is 1. The number of piperidine rings is 2. The molecule has 45 heavy (non-hydrogen) atoms. The molecule has 1 aromatic heterocycles. The SMILES string of the molecule is COc1cc(N2CCC3(CCN(C)CC3)CC2)c(Cl)cc1C1(N)N=C(Nc2cccc3c2N(S(C)(=O)=O)CC3)c2cc[nH]c2N1. The van der Waals surface area contributed by atoms with Crippen LogP contribution in [-0.4, -0.2) is 77.3 Å². The molecule has 4 aliphatic heterocycles. The van der Waals surface area contributed by atoms with Gasteiger partial charge in [-0.3, -0.25) is 10.0 Å². The number of halogens is 1. The van der Waals surface area contributed by atoms with Crippen LogP contribution in [0.1, 0.15) is 42.4 Å². The van der Waals surface area contributed by atoms with Crippen molar-refractivity contribution >= 4 is 50.3 Å². The molecule has 5 N–H and O–H groups in total. The number of aromatic nitrogens is 1. The van der Waals surface area contributed by atoms with E-state index >= 15 is 0 Å². The second-order valence-corrected chi connectivity index (χ2v) is 15.2. The molecule has 2 fully saturated rings. The summed E-state index contributed by atoms with van der Waals surface area (Å²) in [5.41, 5.74) is 12.0. The fraction of sp³-hybridized carbons (Fsp3) is 0.469. The average molecular weight is 653 g/mol. The Morgan fingerprint density at radius 2 is 1.80 bits per heavy atom. The van der Waals surface area contributed by atoms with Gasteiger partial charge in [0.05, 0.1) is 46.6 Å². The number of methoxy groups -OCH3 is 1. The minimum absolute atomic E-state index is 0.397. The predicted molar refractivity (Wildman–Crippen MR) is 181 cm³/mol. The number of nitrogens with one attached hydrogen (secondary N) is 3. The number of H-pyrrole nitrogens is 1. The Hall–Kier alpha value is -3.45. The van der Waals surface area contributed by atoms with Crippen molar-refractivity contribution < 1.29 is 13.2 Å². The van der Waals surface area contributed by atoms with Crippen LogP contribution in [0.15, 0.2) is 47.6 Å². The Balaban J connectivity index is 1.21. The summed E-state index contributed by atoms with van der Waals surface area (Å²) in [5.74, 6) is 0.292. The highest BCUT2D eigenvalue weighted by atomic mass is 35.5. The van der Waals surface area contributed by atoms with Gasteiger partial charge in [-0.1, -0.05) is 23.7 Å². The summed E-state index contributed by atoms with van der Waals surface area (Å²) in [5, 5.41) is 7.35. The van der Waals surface area contributed by atoms with Gasteiger partial charge in [-0.2, -0.15) is 0 Å². The van der Waals surface area contributed by atoms with Crippen molar-refractivity contribution in [1.82, 2.24) is 9.88 Å². The number of ether oxygens (including phenoxy) is 1. The topological polar surface area (TPSA) is 131 Å². The molecular weight excluding hydrogens is 612 g/mol. The van der Waals surface area contributed by atoms with E-state index in [9.17, 15) is 8.42 Å². The molecule has 7 rings (SSSR count). The molecule has 0 radical (unpaired) electrons. The standard InChI is InChI=1S/C32H41ClN8O3S/c1-39-15-9-31(10-16-39)11-17-40(18-12-31)26-20-27(44-2)23(19-24(26)33)32(34)37-29-22(7-13-35-29)30(38-32)36-25-6-4-5-21-8-14-41(28(21)25)45(3,42)43/h4-7,13,19-20,35,37H,8-12,14-18,34H2,1-3H3,(H,36,38). The number of hydrogen-bond acceptors (Lipinski definition) is 9. The molecule has 5 heterocycles. The van der Waals surface area contributed by atoms with Gasteiger partial charge in [-0.05, 0) is 81.4 Å². The second-order valence-electron chi connectivity index (χ2n) is 12.9. The van der Waals surface area contributed by atoms with Gasteiger partial charge in [0, 0.05) is 31.9 Å². The van der Waals surface area contributed by atoms with Crippen LogP contribution in [0.5, 0.6) is 5.75 Å². The molecule has 1 atom stereocenters. The third kappa shape index (κ3) is 5.41. The van der Waals surface area contributed by atoms with E-state index in [1.165, 1.54) is 23.4 Å². The van der Waals surface area contributed by atoms with Crippen LogP contribution in [0.25, 0.3) is 0 Å². The first kappa shape index (κ1) is 30.2. The Morgan fingerprint density at radius 3 is 2.51 bits per heavy atom. The highest BCUT2D eigenvalue weighted by Crippen LogP contribution is 2.46. The molecule has 0 saturated carbocycles. The lowest BCUT2D eigenvalue weighted by molar-refractivity contribution is 0.0945. The molecule has 3 aromatic rings. The molecule has 2 saturated heterocycles. The van der Waals surface area contributed by atoms with E-state index in [4.69, 9.17) is 27.1 Å². The summed E-state index contributed by atoms with van der Waals surface area (Å²) in [6.07, 6.45) is 8.48. The monoisotopic (exact) mass is 652 g/mol. The molecule has 0 amide bonds. The molecule has 0 aliphatic carbocycles. The number of nitrogens with zero attached hydrogens (tertiary/aromatic N) is 4. The Labute approximate surface area is 269 Å². The zero-order chi connectivity index (χ0) is 31.6. The fourth-order valence-corrected chi connectivity index (χ4v) is 8.65. The minimum Gasteiger partial charge on any atom is -0.496 e. The number of sulfonamides is 1. The smallest absolute Gasteiger partial charge is 0.232 e. The number of nitrogens with two attached hydrogens (primary N) is 1. The molecular formula is C32H41ClN8O3S. The third-order valence-electron chi connectivity index (χ3n) is 10.1. The van der Waals surface area contributed by atoms with E-state index in [2.05, 4.69) is 32.5 Å². The number of aliphatic imine (C=N–C) groups is 1. The van der Waals surface area contributed by atoms with Gasteiger partial charge >= 0.3 is 0 Å². The fourth-order valence-electron chi connectivity index (χ4n) is 7.40. The largest absolute Gasteiger partial charge is 0.496 e. The maximum Gasteiger partial charge on any atom is 0.232 e. The van der Waals surface area contributed by atoms with Crippen molar-refractivity contribution in [3.05, 3.63) is 64.3 Å². The Bertz CT molecular complexity index is 1760. The summed E-state index contributed by atoms with van der Waals surface area (Å²) in [6.45, 7) is 4.62. The zero-order valence-corrected chi connectivity index (χ0v) is 27.6. The number of fused-ring (bicyclic) bond motifs is 2. The third-order valence-corrected chi connectivity index (χ3v) is 11.6. The van der Waals surface area contributed by atoms with Gasteiger partial charge in [0.1, 0.15) is 17.4 Å². The van der Waals surface area contributed by atoms with Gasteiger partial charge in [0.25, 0.3) is 0 Å². The lowest BCUT2D eigenvalue weighted by Gasteiger charge is -2.47. The Morgan fingerprint density at radius 1 is 1.07 bits per heavy atom. The summed E-state index contributed by atoms with van der Waals surface area (Å²) < 4.78 is 32.6. The summed E-state index contributed by atoms with van der Waals surface area (Å²) in [7, 11) is 0.377. The maximum absolute atomic E-state index is 12.6. The quantitative estimate of drug-likeness (QED) is 0.320. The van der Waals surface area contributed by atoms with Crippen molar-refractivity contribution in [2.75, 3.05) is 73.0 Å². The number of amidine groups is 1. The highest BCUT2D eigenvalue weighted by molar-refractivity contribution is 7.92. The van der Waals surface area contributed by atoms with Gasteiger partial charge in [-0.15, -0.1) is 0 Å². The minimum atomic E-state index is -3.46. The lowest BCUT2D eigenvalue weighted by Crippen LogP contribution is -2.48. The van der Waals surface area contributed by atoms with Crippen molar-refractivity contribution in [1.29, 1.82) is 0 Å². The van der Waals surface area contributed by atoms with Crippen molar-refractivity contribution in [3.63, 3.8) is 0 Å². The zero-order valence-electron chi connectivity index (χ0n) is 26.0. The van der Waals surface area contributed by atoms with Crippen LogP contribution in [-0.2, 0) is 22.2 Å². The number of rotatable bonds is 5. The number of hydrogen-bond donors (Lipinski definition) is 4. The number of para-hydroxylation sites is 1. The highest BCUT2D eigenvalue weighted by Gasteiger charge is 2.40. The van der Waals surface area contributed by atoms with Gasteiger partial charge in [0.15, 0.2) is 0 Å². The van der Waals surface area contributed by atoms with Crippen molar-refractivity contribution in [2.24, 2.45) is 16.1 Å². The summed E-state index contributed by atoms with van der Waals surface area (Å²) in [6, 6.07) is 11.4. The first-order chi connectivity index (χ1) is 21.5. The molecule has 11 nitrogen and oxygen atoms in total. The second kappa shape index (κ2) is 11.1. The van der Waals surface area contributed by atoms with E-state index in [1.807, 2.05) is 36.4 Å². The van der Waals surface area contributed by atoms with Crippen molar-refractivity contribution in [3.8, 4) is 5.75 Å². The molecule has 2 aromatic carbocycles. The first-order valence-electron chi connectivity index (χ1n) is 15.5. The molecule has 1 unspecified atom stereocenters. The average Bonchev–Trinajstić information content (AvgIpc) is 3.67. The normalized spacial score (nSPS) is 22.9. The van der Waals surface area contributed by atoms with E-state index in [-0.39, 0.29) is 0 Å². The van der Waals surface area contributed by atoms with E-state index < -0.39 is 15.8 Å². The van der Waals surface area contributed by atoms with E-state index in [0.29, 0.717) is 57.7 Å². The van der Waals surface area contributed by atoms with E-state index in [1.54, 1.807) is 13.3 Å². The molecule has 4 aliphatic rings. The molecule has 13 heteroatoms. The van der Waals surface area contributed by atoms with Crippen LogP contribution in [0, 0.1) is 5.41 Å². The number of anilines is 4. The number of benzene rings is 2. The molecule has 240 valence electrons. The van der Waals surface area contributed by atoms with Crippen LogP contribution in [0.3, 0.4) is 0 Å². The van der Waals surface area contributed by atoms with Crippen LogP contribution < -0.4 is 30.3 Å². The molecule has 1 spiro atoms. The maximum atomic E-state index is 12.6. The van der Waals surface area contributed by atoms with Crippen LogP contribution in [0.4, 0.5) is 22.9 Å². The van der Waals surface area contributed by atoms with E-state index in [0.717, 1.165) is 55.8 Å². The lowest BCUT2D eigenvalue weighted by atomic mass is 9.71.